The van der Waals surface area contributed by atoms with Crippen molar-refractivity contribution in [1.82, 2.24) is 9.80 Å². The zero-order valence-electron chi connectivity index (χ0n) is 35.6. The highest BCUT2D eigenvalue weighted by atomic mass is 16.6. The van der Waals surface area contributed by atoms with E-state index < -0.39 is 34.2 Å². The molecule has 7 atom stereocenters. The quantitative estimate of drug-likeness (QED) is 0.196. The van der Waals surface area contributed by atoms with Crippen LogP contribution in [0.5, 0.6) is 17.2 Å². The van der Waals surface area contributed by atoms with Crippen LogP contribution in [0.2, 0.25) is 0 Å². The first-order valence-corrected chi connectivity index (χ1v) is 21.8. The second-order valence-corrected chi connectivity index (χ2v) is 19.4. The van der Waals surface area contributed by atoms with Gasteiger partial charge >= 0.3 is 0 Å². The Kier molecular flexibility index (Phi) is 10.2. The summed E-state index contributed by atoms with van der Waals surface area (Å²) in [5.41, 5.74) is -0.0724. The highest BCUT2D eigenvalue weighted by molar-refractivity contribution is 6.10. The van der Waals surface area contributed by atoms with Crippen molar-refractivity contribution in [2.75, 3.05) is 26.2 Å². The molecule has 1 N–H and O–H groups in total. The van der Waals surface area contributed by atoms with Crippen molar-refractivity contribution >= 4 is 23.5 Å². The molecular formula is C48H64N2O7. The molecule has 3 aliphatic carbocycles. The third-order valence-electron chi connectivity index (χ3n) is 14.5. The lowest BCUT2D eigenvalue weighted by Gasteiger charge is -2.64. The lowest BCUT2D eigenvalue weighted by molar-refractivity contribution is -0.214. The summed E-state index contributed by atoms with van der Waals surface area (Å²) < 4.78 is 21.8. The molecule has 5 heterocycles. The molecule has 57 heavy (non-hydrogen) atoms. The number of fused-ring (bicyclic) bond motifs is 2. The molecule has 1 aromatic rings. The van der Waals surface area contributed by atoms with Gasteiger partial charge in [0.1, 0.15) is 28.4 Å². The number of carbonyl (C=O) groups excluding carboxylic acids is 3. The summed E-state index contributed by atoms with van der Waals surface area (Å²) in [4.78, 5) is 49.4. The van der Waals surface area contributed by atoms with Crippen molar-refractivity contribution in [3.63, 3.8) is 0 Å². The summed E-state index contributed by atoms with van der Waals surface area (Å²) in [6, 6.07) is -0.387. The minimum atomic E-state index is -1.52. The van der Waals surface area contributed by atoms with E-state index in [1.54, 1.807) is 0 Å². The smallest absolute Gasteiger partial charge is 0.249 e. The number of phenols is 1. The predicted molar refractivity (Wildman–Crippen MR) is 222 cm³/mol. The zero-order chi connectivity index (χ0) is 40.7. The van der Waals surface area contributed by atoms with Gasteiger partial charge in [-0.3, -0.25) is 19.3 Å². The van der Waals surface area contributed by atoms with Crippen LogP contribution in [-0.4, -0.2) is 87.0 Å². The van der Waals surface area contributed by atoms with Crippen molar-refractivity contribution in [3.05, 3.63) is 57.7 Å². The van der Waals surface area contributed by atoms with Crippen molar-refractivity contribution in [2.24, 2.45) is 17.8 Å². The highest BCUT2D eigenvalue weighted by Crippen LogP contribution is 2.71. The molecule has 1 spiro atoms. The van der Waals surface area contributed by atoms with E-state index in [2.05, 4.69) is 37.8 Å². The van der Waals surface area contributed by atoms with Gasteiger partial charge in [-0.05, 0) is 138 Å². The molecular weight excluding hydrogens is 717 g/mol. The number of hydrogen-bond donors (Lipinski definition) is 1. The van der Waals surface area contributed by atoms with E-state index in [1.807, 2.05) is 57.7 Å². The van der Waals surface area contributed by atoms with E-state index in [1.165, 1.54) is 5.57 Å². The second-order valence-electron chi connectivity index (χ2n) is 19.4. The Balaban J connectivity index is 1.33. The van der Waals surface area contributed by atoms with Gasteiger partial charge in [-0.2, -0.15) is 0 Å². The molecule has 1 aromatic carbocycles. The van der Waals surface area contributed by atoms with E-state index in [4.69, 9.17) is 14.2 Å². The summed E-state index contributed by atoms with van der Waals surface area (Å²) in [7, 11) is 0. The van der Waals surface area contributed by atoms with Crippen LogP contribution in [0.3, 0.4) is 0 Å². The molecule has 6 fully saturated rings. The van der Waals surface area contributed by atoms with Crippen LogP contribution in [0.1, 0.15) is 141 Å². The van der Waals surface area contributed by atoms with E-state index in [9.17, 15) is 9.90 Å². The van der Waals surface area contributed by atoms with Crippen LogP contribution in [0.4, 0.5) is 0 Å². The summed E-state index contributed by atoms with van der Waals surface area (Å²) in [5, 5.41) is 12.3. The number of allylic oxidation sites excluding steroid dienone is 4. The third-order valence-corrected chi connectivity index (χ3v) is 14.5. The van der Waals surface area contributed by atoms with Gasteiger partial charge in [-0.25, -0.2) is 0 Å². The molecule has 7 unspecified atom stereocenters. The monoisotopic (exact) mass is 780 g/mol. The fourth-order valence-electron chi connectivity index (χ4n) is 11.8. The maximum atomic E-state index is 15.9. The average Bonchev–Trinajstić information content (AvgIpc) is 3.32. The number of nitrogens with zero attached hydrogens (tertiary/aromatic N) is 2. The van der Waals surface area contributed by atoms with Crippen molar-refractivity contribution in [2.45, 2.75) is 154 Å². The third kappa shape index (κ3) is 6.27. The maximum Gasteiger partial charge on any atom is 0.249 e. The Labute approximate surface area is 339 Å². The van der Waals surface area contributed by atoms with Crippen molar-refractivity contribution in [3.8, 4) is 17.2 Å². The van der Waals surface area contributed by atoms with Crippen LogP contribution in [0.25, 0.3) is 6.08 Å². The average molecular weight is 781 g/mol. The van der Waals surface area contributed by atoms with Gasteiger partial charge in [0, 0.05) is 48.5 Å². The second kappa shape index (κ2) is 14.5. The first kappa shape index (κ1) is 40.1. The summed E-state index contributed by atoms with van der Waals surface area (Å²) in [5.74, 6) is -1.05. The number of carbonyl (C=O) groups is 3. The first-order chi connectivity index (χ1) is 27.0. The molecule has 8 aliphatic rings. The van der Waals surface area contributed by atoms with Gasteiger partial charge in [0.15, 0.2) is 22.8 Å². The molecule has 308 valence electrons. The maximum absolute atomic E-state index is 15.9. The molecule has 9 heteroatoms. The Hall–Kier alpha value is -3.69. The number of phenolic OH excluding ortho intramolecular Hbond substituents is 1. The first-order valence-electron chi connectivity index (χ1n) is 21.8. The lowest BCUT2D eigenvalue weighted by Crippen LogP contribution is -2.82. The molecule has 9 rings (SSSR count). The SMILES string of the molecule is CC(C)=CCCC1(C)C=Cc2c(O)c3c(c(CC=C(C)C)c2O1)OC12C(C3=O)C(N3CCCCC3)C3CC1C(C)(C)OC2(C/C=C(/C)C(=O)N1CCCCC1)C3=O. The number of amides is 1. The summed E-state index contributed by atoms with van der Waals surface area (Å²) in [6.45, 7) is 19.3. The summed E-state index contributed by atoms with van der Waals surface area (Å²) >= 11 is 0. The standard InChI is InChI=1S/C48H64N2O7/c1-29(2)16-15-21-46(8)22-20-32-39(51)36-40(52)37-38(49-24-11-9-12-25-49)34-28-35-45(6,7)57-47(43(34)53,23-19-31(5)44(54)50-26-13-10-14-27-50)48(35,37)56-42(36)33(41(32)55-46)18-17-30(3)4/h16-17,19-20,22,34-35,37-38,51H,9-15,18,21,23-28H2,1-8H3/b31-19-. The van der Waals surface area contributed by atoms with Crippen LogP contribution < -0.4 is 9.47 Å². The van der Waals surface area contributed by atoms with E-state index in [0.29, 0.717) is 41.0 Å². The zero-order valence-corrected chi connectivity index (χ0v) is 35.6. The molecule has 0 radical (unpaired) electrons. The lowest BCUT2D eigenvalue weighted by atomic mass is 9.44. The van der Waals surface area contributed by atoms with Gasteiger partial charge in [0.2, 0.25) is 5.91 Å². The fraction of sp³-hybridized carbons (Fsp3) is 0.646. The Morgan fingerprint density at radius 3 is 2.21 bits per heavy atom. The highest BCUT2D eigenvalue weighted by Gasteiger charge is 2.85. The van der Waals surface area contributed by atoms with Crippen molar-refractivity contribution < 1.29 is 33.7 Å². The largest absolute Gasteiger partial charge is 0.506 e. The van der Waals surface area contributed by atoms with Crippen LogP contribution in [0.15, 0.2) is 41.0 Å². The van der Waals surface area contributed by atoms with Gasteiger partial charge < -0.3 is 24.2 Å². The normalized spacial score (nSPS) is 33.8. The van der Waals surface area contributed by atoms with Gasteiger partial charge in [-0.15, -0.1) is 0 Å². The minimum Gasteiger partial charge on any atom is -0.506 e. The minimum absolute atomic E-state index is 0.0158. The summed E-state index contributed by atoms with van der Waals surface area (Å²) in [6.07, 6.45) is 19.0. The number of ether oxygens (including phenoxy) is 3. The topological polar surface area (TPSA) is 106 Å². The molecule has 0 aromatic heterocycles. The number of benzene rings is 1. The number of aromatic hydroxyl groups is 1. The van der Waals surface area contributed by atoms with E-state index in [0.717, 1.165) is 83.1 Å². The predicted octanol–water partition coefficient (Wildman–Crippen LogP) is 8.71. The van der Waals surface area contributed by atoms with Crippen LogP contribution in [-0.2, 0) is 20.7 Å². The number of ketones is 2. The van der Waals surface area contributed by atoms with Gasteiger partial charge in [0.25, 0.3) is 0 Å². The number of piperidine rings is 2. The van der Waals surface area contributed by atoms with E-state index >= 15 is 9.59 Å². The van der Waals surface area contributed by atoms with Crippen LogP contribution in [0, 0.1) is 17.8 Å². The molecule has 1 amide bonds. The van der Waals surface area contributed by atoms with Crippen LogP contribution >= 0.6 is 0 Å². The Morgan fingerprint density at radius 2 is 1.54 bits per heavy atom. The number of hydrogen-bond acceptors (Lipinski definition) is 8. The van der Waals surface area contributed by atoms with E-state index in [-0.39, 0.29) is 47.2 Å². The molecule has 9 nitrogen and oxygen atoms in total. The molecule has 3 saturated heterocycles. The van der Waals surface area contributed by atoms with Gasteiger partial charge in [-0.1, -0.05) is 35.8 Å². The number of likely N-dealkylation sites (tertiary alicyclic amines) is 2. The van der Waals surface area contributed by atoms with Crippen molar-refractivity contribution in [1.29, 1.82) is 0 Å². The van der Waals surface area contributed by atoms with Gasteiger partial charge in [0.05, 0.1) is 17.1 Å². The number of Topliss-reactive ketones (excluding diaryl/α,β-unsaturated/α-hetero) is 2. The fourth-order valence-corrected chi connectivity index (χ4v) is 11.8. The molecule has 3 saturated carbocycles. The Bertz CT molecular complexity index is 1970. The number of rotatable bonds is 9. The Morgan fingerprint density at radius 1 is 0.877 bits per heavy atom. The molecule has 4 bridgehead atoms. The molecule has 5 aliphatic heterocycles.